The maximum atomic E-state index is 5.93. The molecule has 0 aliphatic carbocycles. The average Bonchev–Trinajstić information content (AvgIpc) is 2.90. The van der Waals surface area contributed by atoms with Gasteiger partial charge in [-0.1, -0.05) is 12.1 Å². The number of para-hydroxylation sites is 1. The number of hydrogen-bond donors (Lipinski definition) is 1. The van der Waals surface area contributed by atoms with Gasteiger partial charge in [-0.2, -0.15) is 0 Å². The van der Waals surface area contributed by atoms with Gasteiger partial charge >= 0.3 is 0 Å². The number of methoxy groups -OCH3 is 1. The monoisotopic (exact) mass is 291 g/mol. The Bertz CT molecular complexity index is 538. The molecule has 3 rings (SSSR count). The molecule has 4 nitrogen and oxygen atoms in total. The summed E-state index contributed by atoms with van der Waals surface area (Å²) >= 11 is 1.79. The maximum Gasteiger partial charge on any atom is 0.108 e. The predicted molar refractivity (Wildman–Crippen MR) is 82.9 cm³/mol. The fraction of sp³-hybridized carbons (Fsp3) is 0.533. The summed E-state index contributed by atoms with van der Waals surface area (Å²) < 4.78 is 6.74. The van der Waals surface area contributed by atoms with Gasteiger partial charge in [-0.05, 0) is 25.0 Å². The topological polar surface area (TPSA) is 51.4 Å². The number of likely N-dealkylation sites (tertiary alicyclic amines) is 1. The summed E-state index contributed by atoms with van der Waals surface area (Å²) in [5.74, 6) is 0. The Hall–Kier alpha value is -1.01. The molecule has 1 aromatic heterocycles. The molecule has 0 spiro atoms. The second kappa shape index (κ2) is 6.18. The number of nitrogens with two attached hydrogens (primary N) is 1. The highest BCUT2D eigenvalue weighted by molar-refractivity contribution is 7.18. The minimum absolute atomic E-state index is 0.357. The van der Waals surface area contributed by atoms with Crippen LogP contribution in [0.1, 0.15) is 17.8 Å². The molecule has 2 unspecified atom stereocenters. The highest BCUT2D eigenvalue weighted by Crippen LogP contribution is 2.26. The van der Waals surface area contributed by atoms with Crippen LogP contribution in [0.4, 0.5) is 0 Å². The number of ether oxygens (including phenoxy) is 1. The molecule has 0 saturated carbocycles. The maximum absolute atomic E-state index is 5.93. The third-order valence-corrected chi connectivity index (χ3v) is 5.09. The Morgan fingerprint density at radius 2 is 2.30 bits per heavy atom. The van der Waals surface area contributed by atoms with Crippen LogP contribution in [0.15, 0.2) is 24.3 Å². The molecule has 2 N–H and O–H groups in total. The Balaban J connectivity index is 1.73. The van der Waals surface area contributed by atoms with Crippen LogP contribution >= 0.6 is 11.3 Å². The second-order valence-corrected chi connectivity index (χ2v) is 6.43. The van der Waals surface area contributed by atoms with Crippen molar-refractivity contribution in [2.45, 2.75) is 31.5 Å². The minimum atomic E-state index is 0.357. The molecule has 108 valence electrons. The quantitative estimate of drug-likeness (QED) is 0.938. The first-order valence-corrected chi connectivity index (χ1v) is 7.93. The molecular formula is C15H21N3OS. The molecule has 1 aromatic carbocycles. The minimum Gasteiger partial charge on any atom is -0.381 e. The molecule has 0 bridgehead atoms. The van der Waals surface area contributed by atoms with Crippen molar-refractivity contribution >= 4 is 21.6 Å². The zero-order valence-electron chi connectivity index (χ0n) is 11.8. The van der Waals surface area contributed by atoms with Crippen LogP contribution in [-0.4, -0.2) is 42.2 Å². The van der Waals surface area contributed by atoms with E-state index >= 15 is 0 Å². The molecule has 0 radical (unpaired) electrons. The van der Waals surface area contributed by atoms with Crippen LogP contribution in [0.5, 0.6) is 0 Å². The number of benzene rings is 1. The van der Waals surface area contributed by atoms with E-state index in [9.17, 15) is 0 Å². The number of aromatic nitrogens is 1. The van der Waals surface area contributed by atoms with Crippen molar-refractivity contribution in [1.29, 1.82) is 0 Å². The van der Waals surface area contributed by atoms with E-state index in [0.29, 0.717) is 18.7 Å². The summed E-state index contributed by atoms with van der Waals surface area (Å²) in [5.41, 5.74) is 7.03. The molecule has 20 heavy (non-hydrogen) atoms. The molecule has 2 aromatic rings. The highest BCUT2D eigenvalue weighted by Gasteiger charge is 2.28. The third-order valence-electron chi connectivity index (χ3n) is 4.07. The van der Waals surface area contributed by atoms with Gasteiger partial charge in [0.1, 0.15) is 5.01 Å². The number of fused-ring (bicyclic) bond motifs is 1. The van der Waals surface area contributed by atoms with Gasteiger partial charge in [0.25, 0.3) is 0 Å². The highest BCUT2D eigenvalue weighted by atomic mass is 32.1. The Labute approximate surface area is 123 Å². The first-order valence-electron chi connectivity index (χ1n) is 7.11. The van der Waals surface area contributed by atoms with E-state index in [1.54, 1.807) is 18.4 Å². The lowest BCUT2D eigenvalue weighted by Gasteiger charge is -2.37. The van der Waals surface area contributed by atoms with E-state index in [4.69, 9.17) is 15.5 Å². The van der Waals surface area contributed by atoms with Gasteiger partial charge in [0.05, 0.1) is 22.9 Å². The van der Waals surface area contributed by atoms with Crippen LogP contribution in [-0.2, 0) is 11.3 Å². The van der Waals surface area contributed by atoms with E-state index in [1.165, 1.54) is 9.71 Å². The van der Waals surface area contributed by atoms with Crippen molar-refractivity contribution in [2.75, 3.05) is 20.2 Å². The van der Waals surface area contributed by atoms with E-state index in [0.717, 1.165) is 31.4 Å². The summed E-state index contributed by atoms with van der Waals surface area (Å²) in [7, 11) is 1.79. The molecule has 2 heterocycles. The lowest BCUT2D eigenvalue weighted by molar-refractivity contribution is 0.0102. The Kier molecular flexibility index (Phi) is 4.31. The van der Waals surface area contributed by atoms with Crippen LogP contribution in [0, 0.1) is 0 Å². The normalized spacial score (nSPS) is 24.3. The Morgan fingerprint density at radius 1 is 1.45 bits per heavy atom. The fourth-order valence-corrected chi connectivity index (χ4v) is 3.88. The van der Waals surface area contributed by atoms with Gasteiger partial charge in [0.15, 0.2) is 0 Å². The molecular weight excluding hydrogens is 270 g/mol. The SMILES string of the molecule is COC1CCN(Cc2nc3ccccc3s2)C(CN)C1. The molecule has 2 atom stereocenters. The van der Waals surface area contributed by atoms with Crippen LogP contribution in [0.25, 0.3) is 10.2 Å². The summed E-state index contributed by atoms with van der Waals surface area (Å²) in [4.78, 5) is 7.17. The lowest BCUT2D eigenvalue weighted by Crippen LogP contribution is -2.47. The second-order valence-electron chi connectivity index (χ2n) is 5.32. The lowest BCUT2D eigenvalue weighted by atomic mass is 9.99. The van der Waals surface area contributed by atoms with E-state index in [-0.39, 0.29) is 0 Å². The molecule has 1 aliphatic rings. The standard InChI is InChI=1S/C15H21N3OS/c1-19-12-6-7-18(11(8-12)9-16)10-15-17-13-4-2-3-5-14(13)20-15/h2-5,11-12H,6-10,16H2,1H3. The van der Waals surface area contributed by atoms with Crippen LogP contribution < -0.4 is 5.73 Å². The Morgan fingerprint density at radius 3 is 3.05 bits per heavy atom. The number of thiazole rings is 1. The number of rotatable bonds is 4. The van der Waals surface area contributed by atoms with Crippen LogP contribution in [0.2, 0.25) is 0 Å². The summed E-state index contributed by atoms with van der Waals surface area (Å²) in [6, 6.07) is 8.72. The largest absolute Gasteiger partial charge is 0.381 e. The van der Waals surface area contributed by atoms with Gasteiger partial charge in [-0.25, -0.2) is 4.98 Å². The number of nitrogens with zero attached hydrogens (tertiary/aromatic N) is 2. The van der Waals surface area contributed by atoms with Crippen molar-refractivity contribution in [3.8, 4) is 0 Å². The molecule has 1 aliphatic heterocycles. The van der Waals surface area contributed by atoms with Crippen molar-refractivity contribution in [1.82, 2.24) is 9.88 Å². The zero-order valence-corrected chi connectivity index (χ0v) is 12.6. The van der Waals surface area contributed by atoms with Crippen molar-refractivity contribution in [2.24, 2.45) is 5.73 Å². The molecule has 5 heteroatoms. The van der Waals surface area contributed by atoms with Gasteiger partial charge in [-0.3, -0.25) is 4.90 Å². The zero-order chi connectivity index (χ0) is 13.9. The van der Waals surface area contributed by atoms with Gasteiger partial charge in [-0.15, -0.1) is 11.3 Å². The van der Waals surface area contributed by atoms with E-state index in [2.05, 4.69) is 23.1 Å². The van der Waals surface area contributed by atoms with E-state index < -0.39 is 0 Å². The first-order chi connectivity index (χ1) is 9.80. The van der Waals surface area contributed by atoms with Crippen molar-refractivity contribution in [3.05, 3.63) is 29.3 Å². The third kappa shape index (κ3) is 2.86. The van der Waals surface area contributed by atoms with Gasteiger partial charge < -0.3 is 10.5 Å². The molecule has 1 saturated heterocycles. The molecule has 1 fully saturated rings. The summed E-state index contributed by atoms with van der Waals surface area (Å²) in [6.45, 7) is 2.62. The summed E-state index contributed by atoms with van der Waals surface area (Å²) in [6.07, 6.45) is 2.46. The van der Waals surface area contributed by atoms with Crippen molar-refractivity contribution in [3.63, 3.8) is 0 Å². The van der Waals surface area contributed by atoms with Gasteiger partial charge in [0.2, 0.25) is 0 Å². The van der Waals surface area contributed by atoms with Crippen molar-refractivity contribution < 1.29 is 4.74 Å². The van der Waals surface area contributed by atoms with Crippen LogP contribution in [0.3, 0.4) is 0 Å². The molecule has 0 amide bonds. The number of hydrogen-bond acceptors (Lipinski definition) is 5. The summed E-state index contributed by atoms with van der Waals surface area (Å²) in [5, 5.41) is 1.18. The first kappa shape index (κ1) is 13.9. The van der Waals surface area contributed by atoms with Gasteiger partial charge in [0, 0.05) is 26.2 Å². The average molecular weight is 291 g/mol. The fourth-order valence-electron chi connectivity index (χ4n) is 2.89. The van der Waals surface area contributed by atoms with E-state index in [1.807, 2.05) is 6.07 Å². The predicted octanol–water partition coefficient (Wildman–Crippen LogP) is 2.23. The smallest absolute Gasteiger partial charge is 0.108 e. The number of piperidine rings is 1.